The van der Waals surface area contributed by atoms with Gasteiger partial charge in [0, 0.05) is 5.56 Å². The number of nitrogen functional groups attached to an aromatic ring is 1. The molecular weight excluding hydrogens is 498 g/mol. The molecule has 0 spiro atoms. The van der Waals surface area contributed by atoms with Gasteiger partial charge >= 0.3 is 0 Å². The standard InChI is InChI=1S/C28H25N7O2S/c1-15(2)19-9-4-5-10-20(19)35-21(32-27-22(28(35)37)16(3)13-38-27)12-34-26-23(25(29)30-14-31-26)24(33-34)17-7-6-8-18(36)11-17/h4-11,13-15,36H,12H2,1-3H3,(H2,29,30,31). The van der Waals surface area contributed by atoms with Gasteiger partial charge < -0.3 is 10.8 Å². The van der Waals surface area contributed by atoms with Crippen LogP contribution in [0.15, 0.2) is 65.0 Å². The Morgan fingerprint density at radius 3 is 2.68 bits per heavy atom. The molecule has 38 heavy (non-hydrogen) atoms. The number of nitrogens with zero attached hydrogens (tertiary/aromatic N) is 6. The van der Waals surface area contributed by atoms with Crippen molar-refractivity contribution in [2.45, 2.75) is 33.2 Å². The molecule has 6 rings (SSSR count). The minimum Gasteiger partial charge on any atom is -0.508 e. The number of hydrogen-bond donors (Lipinski definition) is 2. The van der Waals surface area contributed by atoms with E-state index in [1.54, 1.807) is 27.4 Å². The Bertz CT molecular complexity index is 1900. The van der Waals surface area contributed by atoms with Crippen LogP contribution in [-0.2, 0) is 6.54 Å². The number of aryl methyl sites for hydroxylation is 1. The SMILES string of the molecule is Cc1csc2nc(Cn3nc(-c4cccc(O)c4)c4c(N)ncnc43)n(-c3ccccc3C(C)C)c(=O)c12. The van der Waals surface area contributed by atoms with E-state index in [-0.39, 0.29) is 29.6 Å². The van der Waals surface area contributed by atoms with Crippen LogP contribution in [0, 0.1) is 6.92 Å². The van der Waals surface area contributed by atoms with Gasteiger partial charge in [-0.3, -0.25) is 9.36 Å². The van der Waals surface area contributed by atoms with Crippen molar-refractivity contribution < 1.29 is 5.11 Å². The Morgan fingerprint density at radius 2 is 1.89 bits per heavy atom. The average molecular weight is 524 g/mol. The van der Waals surface area contributed by atoms with Gasteiger partial charge in [-0.1, -0.05) is 44.2 Å². The highest BCUT2D eigenvalue weighted by Crippen LogP contribution is 2.32. The van der Waals surface area contributed by atoms with Crippen molar-refractivity contribution >= 4 is 38.4 Å². The first kappa shape index (κ1) is 23.8. The van der Waals surface area contributed by atoms with Crippen LogP contribution in [0.5, 0.6) is 5.75 Å². The third kappa shape index (κ3) is 3.81. The predicted octanol–water partition coefficient (Wildman–Crippen LogP) is 5.02. The molecule has 2 aromatic carbocycles. The lowest BCUT2D eigenvalue weighted by Crippen LogP contribution is -2.26. The third-order valence-electron chi connectivity index (χ3n) is 6.63. The molecule has 6 aromatic rings. The van der Waals surface area contributed by atoms with E-state index in [1.165, 1.54) is 17.7 Å². The largest absolute Gasteiger partial charge is 0.508 e. The number of phenolic OH excluding ortho intramolecular Hbond substituents is 1. The lowest BCUT2D eigenvalue weighted by atomic mass is 10.0. The molecule has 0 bridgehead atoms. The first-order valence-electron chi connectivity index (χ1n) is 12.2. The molecule has 0 fully saturated rings. The normalized spacial score (nSPS) is 11.7. The van der Waals surface area contributed by atoms with Crippen LogP contribution < -0.4 is 11.3 Å². The zero-order valence-corrected chi connectivity index (χ0v) is 21.9. The van der Waals surface area contributed by atoms with Crippen LogP contribution in [0.3, 0.4) is 0 Å². The van der Waals surface area contributed by atoms with E-state index in [9.17, 15) is 9.90 Å². The summed E-state index contributed by atoms with van der Waals surface area (Å²) in [5.41, 5.74) is 10.6. The van der Waals surface area contributed by atoms with E-state index >= 15 is 0 Å². The highest BCUT2D eigenvalue weighted by atomic mass is 32.1. The van der Waals surface area contributed by atoms with E-state index in [0.29, 0.717) is 38.3 Å². The van der Waals surface area contributed by atoms with Gasteiger partial charge in [-0.05, 0) is 47.5 Å². The number of phenols is 1. The second-order valence-corrected chi connectivity index (χ2v) is 10.4. The van der Waals surface area contributed by atoms with Crippen LogP contribution in [0.1, 0.15) is 36.7 Å². The zero-order chi connectivity index (χ0) is 26.6. The fraction of sp³-hybridized carbons (Fsp3) is 0.179. The molecule has 0 saturated heterocycles. The van der Waals surface area contributed by atoms with Gasteiger partial charge in [0.1, 0.15) is 40.8 Å². The van der Waals surface area contributed by atoms with E-state index in [0.717, 1.165) is 16.8 Å². The number of rotatable bonds is 5. The molecule has 3 N–H and O–H groups in total. The first-order chi connectivity index (χ1) is 18.3. The number of nitrogens with two attached hydrogens (primary N) is 1. The molecule has 0 aliphatic heterocycles. The zero-order valence-electron chi connectivity index (χ0n) is 21.1. The number of fused-ring (bicyclic) bond motifs is 2. The molecule has 10 heteroatoms. The number of benzene rings is 2. The monoisotopic (exact) mass is 523 g/mol. The highest BCUT2D eigenvalue weighted by molar-refractivity contribution is 7.16. The summed E-state index contributed by atoms with van der Waals surface area (Å²) in [5.74, 6) is 1.11. The average Bonchev–Trinajstić information content (AvgIpc) is 3.46. The summed E-state index contributed by atoms with van der Waals surface area (Å²) in [5, 5.41) is 18.1. The van der Waals surface area contributed by atoms with Crippen molar-refractivity contribution in [3.05, 3.63) is 87.5 Å². The molecule has 0 atom stereocenters. The van der Waals surface area contributed by atoms with Gasteiger partial charge in [-0.2, -0.15) is 5.10 Å². The van der Waals surface area contributed by atoms with Gasteiger partial charge in [0.25, 0.3) is 5.56 Å². The van der Waals surface area contributed by atoms with Crippen LogP contribution in [0.2, 0.25) is 0 Å². The van der Waals surface area contributed by atoms with Crippen LogP contribution in [-0.4, -0.2) is 34.4 Å². The molecule has 0 amide bonds. The van der Waals surface area contributed by atoms with Crippen LogP contribution >= 0.6 is 11.3 Å². The first-order valence-corrected chi connectivity index (χ1v) is 13.1. The van der Waals surface area contributed by atoms with Crippen LogP contribution in [0.4, 0.5) is 5.82 Å². The number of hydrogen-bond acceptors (Lipinski definition) is 8. The topological polar surface area (TPSA) is 125 Å². The van der Waals surface area contributed by atoms with E-state index in [4.69, 9.17) is 15.8 Å². The maximum absolute atomic E-state index is 14.0. The molecule has 0 unspecified atom stereocenters. The molecule has 0 saturated carbocycles. The Labute approximate surface area is 221 Å². The van der Waals surface area contributed by atoms with Gasteiger partial charge in [-0.25, -0.2) is 19.6 Å². The van der Waals surface area contributed by atoms with Crippen molar-refractivity contribution in [2.24, 2.45) is 0 Å². The lowest BCUT2D eigenvalue weighted by molar-refractivity contribution is 0.475. The number of para-hydroxylation sites is 1. The number of aromatic hydroxyl groups is 1. The van der Waals surface area contributed by atoms with Crippen molar-refractivity contribution in [3.8, 4) is 22.7 Å². The van der Waals surface area contributed by atoms with Crippen molar-refractivity contribution in [1.29, 1.82) is 0 Å². The maximum atomic E-state index is 14.0. The molecule has 9 nitrogen and oxygen atoms in total. The second-order valence-electron chi connectivity index (χ2n) is 9.50. The highest BCUT2D eigenvalue weighted by Gasteiger charge is 2.22. The van der Waals surface area contributed by atoms with E-state index in [1.807, 2.05) is 42.6 Å². The predicted molar refractivity (Wildman–Crippen MR) is 150 cm³/mol. The molecular formula is C28H25N7O2S. The summed E-state index contributed by atoms with van der Waals surface area (Å²) in [4.78, 5) is 28.3. The van der Waals surface area contributed by atoms with Crippen molar-refractivity contribution in [2.75, 3.05) is 5.73 Å². The fourth-order valence-electron chi connectivity index (χ4n) is 4.83. The summed E-state index contributed by atoms with van der Waals surface area (Å²) >= 11 is 1.45. The van der Waals surface area contributed by atoms with Gasteiger partial charge in [0.2, 0.25) is 0 Å². The van der Waals surface area contributed by atoms with E-state index < -0.39 is 0 Å². The number of aromatic nitrogens is 6. The smallest absolute Gasteiger partial charge is 0.267 e. The lowest BCUT2D eigenvalue weighted by Gasteiger charge is -2.18. The quantitative estimate of drug-likeness (QED) is 0.325. The van der Waals surface area contributed by atoms with Crippen LogP contribution in [0.25, 0.3) is 38.2 Å². The molecule has 0 radical (unpaired) electrons. The minimum absolute atomic E-state index is 0.111. The van der Waals surface area contributed by atoms with Crippen molar-refractivity contribution in [3.63, 3.8) is 0 Å². The van der Waals surface area contributed by atoms with Gasteiger partial charge in [0.05, 0.1) is 16.5 Å². The number of anilines is 1. The Balaban J connectivity index is 1.62. The molecule has 0 aliphatic rings. The molecule has 4 aromatic heterocycles. The summed E-state index contributed by atoms with van der Waals surface area (Å²) in [7, 11) is 0. The third-order valence-corrected chi connectivity index (χ3v) is 7.62. The number of thiophene rings is 1. The van der Waals surface area contributed by atoms with Crippen molar-refractivity contribution in [1.82, 2.24) is 29.3 Å². The second kappa shape index (κ2) is 9.07. The summed E-state index contributed by atoms with van der Waals surface area (Å²) < 4.78 is 3.39. The molecule has 0 aliphatic carbocycles. The summed E-state index contributed by atoms with van der Waals surface area (Å²) in [6.07, 6.45) is 1.39. The minimum atomic E-state index is -0.115. The van der Waals surface area contributed by atoms with Gasteiger partial charge in [-0.15, -0.1) is 11.3 Å². The van der Waals surface area contributed by atoms with Gasteiger partial charge in [0.15, 0.2) is 5.65 Å². The van der Waals surface area contributed by atoms with E-state index in [2.05, 4.69) is 23.8 Å². The summed E-state index contributed by atoms with van der Waals surface area (Å²) in [6.45, 7) is 6.31. The Morgan fingerprint density at radius 1 is 1.08 bits per heavy atom. The fourth-order valence-corrected chi connectivity index (χ4v) is 5.76. The Hall–Kier alpha value is -4.57. The Kier molecular flexibility index (Phi) is 5.68. The molecule has 4 heterocycles. The molecule has 190 valence electrons. The summed E-state index contributed by atoms with van der Waals surface area (Å²) in [6, 6.07) is 14.7. The maximum Gasteiger partial charge on any atom is 0.267 e.